The van der Waals surface area contributed by atoms with Crippen molar-refractivity contribution in [2.75, 3.05) is 0 Å². The smallest absolute Gasteiger partial charge is 0.443 e. The van der Waals surface area contributed by atoms with Crippen molar-refractivity contribution < 1.29 is 33.0 Å². The highest BCUT2D eigenvalue weighted by Crippen LogP contribution is 2.27. The first kappa shape index (κ1) is 23.9. The molecular formula is C24H25FN2O6. The third kappa shape index (κ3) is 5.54. The average molecular weight is 456 g/mol. The van der Waals surface area contributed by atoms with Gasteiger partial charge in [-0.15, -0.1) is 0 Å². The minimum Gasteiger partial charge on any atom is -0.443 e. The molecule has 2 heterocycles. The number of rotatable bonds is 3. The summed E-state index contributed by atoms with van der Waals surface area (Å²) in [7, 11) is 0. The van der Waals surface area contributed by atoms with Gasteiger partial charge in [0.1, 0.15) is 16.8 Å². The van der Waals surface area contributed by atoms with Crippen molar-refractivity contribution in [3.05, 3.63) is 59.7 Å². The SMILES string of the molecule is CC(C)(C)OC(=O)Oc1cccc(C(=O)c2ccnc3c2ccn3C(=O)OC(C)(C)C)c1F. The molecule has 33 heavy (non-hydrogen) atoms. The van der Waals surface area contributed by atoms with Gasteiger partial charge >= 0.3 is 12.2 Å². The monoisotopic (exact) mass is 456 g/mol. The summed E-state index contributed by atoms with van der Waals surface area (Å²) in [5.74, 6) is -2.12. The van der Waals surface area contributed by atoms with E-state index < -0.39 is 40.8 Å². The van der Waals surface area contributed by atoms with Crippen LogP contribution in [-0.4, -0.2) is 38.8 Å². The highest BCUT2D eigenvalue weighted by Gasteiger charge is 2.25. The lowest BCUT2D eigenvalue weighted by Crippen LogP contribution is -2.26. The van der Waals surface area contributed by atoms with E-state index in [1.165, 1.54) is 47.3 Å². The van der Waals surface area contributed by atoms with Crippen molar-refractivity contribution >= 4 is 29.1 Å². The van der Waals surface area contributed by atoms with Crippen LogP contribution in [0.4, 0.5) is 14.0 Å². The quantitative estimate of drug-likeness (QED) is 0.291. The van der Waals surface area contributed by atoms with Crippen molar-refractivity contribution in [3.8, 4) is 5.75 Å². The van der Waals surface area contributed by atoms with E-state index in [1.54, 1.807) is 41.5 Å². The van der Waals surface area contributed by atoms with E-state index in [4.69, 9.17) is 14.2 Å². The number of aromatic nitrogens is 2. The third-order valence-electron chi connectivity index (χ3n) is 4.21. The fourth-order valence-electron chi connectivity index (χ4n) is 2.97. The Kier molecular flexibility index (Phi) is 6.26. The van der Waals surface area contributed by atoms with Gasteiger partial charge in [-0.25, -0.2) is 23.5 Å². The van der Waals surface area contributed by atoms with E-state index in [2.05, 4.69) is 4.98 Å². The number of hydrogen-bond donors (Lipinski definition) is 0. The van der Waals surface area contributed by atoms with E-state index in [0.717, 1.165) is 0 Å². The van der Waals surface area contributed by atoms with Crippen molar-refractivity contribution in [3.63, 3.8) is 0 Å². The molecule has 0 N–H and O–H groups in total. The van der Waals surface area contributed by atoms with Crippen LogP contribution in [0.2, 0.25) is 0 Å². The van der Waals surface area contributed by atoms with Crippen LogP contribution in [0.1, 0.15) is 57.5 Å². The Labute approximate surface area is 190 Å². The maximum atomic E-state index is 15.1. The molecule has 0 amide bonds. The van der Waals surface area contributed by atoms with Crippen LogP contribution in [-0.2, 0) is 9.47 Å². The number of benzene rings is 1. The van der Waals surface area contributed by atoms with Crippen LogP contribution in [0.5, 0.6) is 5.75 Å². The zero-order valence-electron chi connectivity index (χ0n) is 19.3. The molecule has 0 saturated carbocycles. The van der Waals surface area contributed by atoms with Gasteiger partial charge in [0.25, 0.3) is 0 Å². The number of fused-ring (bicyclic) bond motifs is 1. The third-order valence-corrected chi connectivity index (χ3v) is 4.21. The van der Waals surface area contributed by atoms with Gasteiger partial charge in [-0.05, 0) is 65.8 Å². The van der Waals surface area contributed by atoms with Gasteiger partial charge in [-0.2, -0.15) is 0 Å². The van der Waals surface area contributed by atoms with Crippen molar-refractivity contribution in [1.82, 2.24) is 9.55 Å². The number of carbonyl (C=O) groups is 3. The van der Waals surface area contributed by atoms with Crippen molar-refractivity contribution in [2.45, 2.75) is 52.7 Å². The summed E-state index contributed by atoms with van der Waals surface area (Å²) >= 11 is 0. The maximum absolute atomic E-state index is 15.1. The number of nitrogens with zero attached hydrogens (tertiary/aromatic N) is 2. The lowest BCUT2D eigenvalue weighted by molar-refractivity contribution is 0.0197. The Bertz CT molecular complexity index is 1230. The summed E-state index contributed by atoms with van der Waals surface area (Å²) in [5.41, 5.74) is -1.55. The first-order valence-electron chi connectivity index (χ1n) is 10.2. The Morgan fingerprint density at radius 3 is 2.21 bits per heavy atom. The molecule has 0 atom stereocenters. The number of carbonyl (C=O) groups excluding carboxylic acids is 3. The number of hydrogen-bond acceptors (Lipinski definition) is 7. The topological polar surface area (TPSA) is 96.7 Å². The van der Waals surface area contributed by atoms with Gasteiger partial charge in [0, 0.05) is 23.3 Å². The molecule has 0 radical (unpaired) electrons. The molecule has 0 spiro atoms. The summed E-state index contributed by atoms with van der Waals surface area (Å²) in [4.78, 5) is 41.8. The van der Waals surface area contributed by atoms with Gasteiger partial charge in [0.05, 0.1) is 5.56 Å². The summed E-state index contributed by atoms with van der Waals surface area (Å²) in [5, 5.41) is 0.339. The number of halogens is 1. The van der Waals surface area contributed by atoms with Crippen LogP contribution in [0.25, 0.3) is 11.0 Å². The Morgan fingerprint density at radius 2 is 1.58 bits per heavy atom. The average Bonchev–Trinajstić information content (AvgIpc) is 3.10. The minimum absolute atomic E-state index is 0.121. The zero-order valence-corrected chi connectivity index (χ0v) is 19.3. The molecule has 1 aromatic carbocycles. The summed E-state index contributed by atoms with van der Waals surface area (Å²) in [6.45, 7) is 10.1. The molecule has 3 aromatic rings. The van der Waals surface area contributed by atoms with Crippen LogP contribution < -0.4 is 4.74 Å². The second-order valence-electron chi connectivity index (χ2n) is 9.28. The fourth-order valence-corrected chi connectivity index (χ4v) is 2.97. The molecule has 3 rings (SSSR count). The second-order valence-corrected chi connectivity index (χ2v) is 9.28. The molecule has 0 aliphatic heterocycles. The molecule has 2 aromatic heterocycles. The van der Waals surface area contributed by atoms with E-state index in [0.29, 0.717) is 5.39 Å². The Morgan fingerprint density at radius 1 is 0.909 bits per heavy atom. The van der Waals surface area contributed by atoms with Crippen LogP contribution >= 0.6 is 0 Å². The first-order valence-corrected chi connectivity index (χ1v) is 10.2. The highest BCUT2D eigenvalue weighted by molar-refractivity contribution is 6.16. The molecule has 0 fully saturated rings. The van der Waals surface area contributed by atoms with Crippen molar-refractivity contribution in [1.29, 1.82) is 0 Å². The zero-order chi connectivity index (χ0) is 24.6. The second kappa shape index (κ2) is 8.65. The van der Waals surface area contributed by atoms with Gasteiger partial charge < -0.3 is 14.2 Å². The predicted molar refractivity (Wildman–Crippen MR) is 118 cm³/mol. The van der Waals surface area contributed by atoms with Gasteiger partial charge in [0.15, 0.2) is 17.3 Å². The molecule has 0 aliphatic carbocycles. The predicted octanol–water partition coefficient (Wildman–Crippen LogP) is 5.50. The normalized spacial score (nSPS) is 11.8. The highest BCUT2D eigenvalue weighted by atomic mass is 19.1. The lowest BCUT2D eigenvalue weighted by atomic mass is 10.0. The molecule has 0 unspecified atom stereocenters. The molecule has 0 aliphatic rings. The molecule has 8 nitrogen and oxygen atoms in total. The Balaban J connectivity index is 1.95. The molecule has 174 valence electrons. The van der Waals surface area contributed by atoms with Crippen molar-refractivity contribution in [2.24, 2.45) is 0 Å². The van der Waals surface area contributed by atoms with E-state index in [-0.39, 0.29) is 16.8 Å². The molecular weight excluding hydrogens is 431 g/mol. The number of ether oxygens (including phenoxy) is 3. The maximum Gasteiger partial charge on any atom is 0.514 e. The molecule has 0 bridgehead atoms. The number of pyridine rings is 1. The summed E-state index contributed by atoms with van der Waals surface area (Å²) < 4.78 is 31.6. The molecule has 0 saturated heterocycles. The van der Waals surface area contributed by atoms with E-state index in [1.807, 2.05) is 0 Å². The number of ketones is 1. The van der Waals surface area contributed by atoms with Gasteiger partial charge in [-0.3, -0.25) is 4.79 Å². The lowest BCUT2D eigenvalue weighted by Gasteiger charge is -2.19. The molecule has 9 heteroatoms. The van der Waals surface area contributed by atoms with E-state index in [9.17, 15) is 14.4 Å². The largest absolute Gasteiger partial charge is 0.514 e. The van der Waals surface area contributed by atoms with Crippen LogP contribution in [0.3, 0.4) is 0 Å². The Hall–Kier alpha value is -3.75. The van der Waals surface area contributed by atoms with Crippen LogP contribution in [0, 0.1) is 5.82 Å². The van der Waals surface area contributed by atoms with E-state index >= 15 is 4.39 Å². The minimum atomic E-state index is -1.09. The summed E-state index contributed by atoms with van der Waals surface area (Å²) in [6.07, 6.45) is 1.02. The summed E-state index contributed by atoms with van der Waals surface area (Å²) in [6, 6.07) is 6.83. The fraction of sp³-hybridized carbons (Fsp3) is 0.333. The van der Waals surface area contributed by atoms with Gasteiger partial charge in [0.2, 0.25) is 0 Å². The van der Waals surface area contributed by atoms with Gasteiger partial charge in [-0.1, -0.05) is 6.07 Å². The first-order chi connectivity index (χ1) is 15.3. The van der Waals surface area contributed by atoms with Crippen LogP contribution in [0.15, 0.2) is 42.7 Å². The standard InChI is InChI=1S/C24H25FN2O6/c1-23(2,3)32-21(29)27-13-11-15-14(10-12-26-20(15)27)19(28)16-8-7-9-17(18(16)25)31-22(30)33-24(4,5)6/h7-13H,1-6H3.